The van der Waals surface area contributed by atoms with Gasteiger partial charge in [0.2, 0.25) is 0 Å². The Morgan fingerprint density at radius 2 is 2.14 bits per heavy atom. The van der Waals surface area contributed by atoms with E-state index in [-0.39, 0.29) is 6.61 Å². The maximum absolute atomic E-state index is 8.66. The zero-order valence-corrected chi connectivity index (χ0v) is 9.21. The lowest BCUT2D eigenvalue weighted by atomic mass is 10.0. The molecule has 0 radical (unpaired) electrons. The van der Waals surface area contributed by atoms with E-state index < -0.39 is 0 Å². The van der Waals surface area contributed by atoms with E-state index >= 15 is 0 Å². The van der Waals surface area contributed by atoms with E-state index in [1.54, 1.807) is 6.07 Å². The summed E-state index contributed by atoms with van der Waals surface area (Å²) in [5, 5.41) is 9.37. The first-order valence-electron chi connectivity index (χ1n) is 4.68. The molecule has 0 saturated heterocycles. The molecule has 0 aliphatic carbocycles. The summed E-state index contributed by atoms with van der Waals surface area (Å²) in [5.74, 6) is 1.17. The molecule has 0 atom stereocenters. The van der Waals surface area contributed by atoms with Gasteiger partial charge in [0.05, 0.1) is 6.61 Å². The number of hydrogen-bond acceptors (Lipinski definition) is 2. The lowest BCUT2D eigenvalue weighted by Crippen LogP contribution is -2.04. The predicted octanol–water partition coefficient (Wildman–Crippen LogP) is 2.83. The normalized spacial score (nSPS) is 10.6. The van der Waals surface area contributed by atoms with Crippen LogP contribution in [0.3, 0.4) is 0 Å². The molecule has 78 valence electrons. The Bertz CT molecular complexity index is 297. The van der Waals surface area contributed by atoms with Crippen LogP contribution in [0.4, 0.5) is 0 Å². The minimum Gasteiger partial charge on any atom is -0.491 e. The van der Waals surface area contributed by atoms with E-state index in [1.165, 1.54) is 0 Å². The van der Waals surface area contributed by atoms with Crippen LogP contribution in [0.25, 0.3) is 0 Å². The highest BCUT2D eigenvalue weighted by atomic mass is 35.5. The lowest BCUT2D eigenvalue weighted by molar-refractivity contribution is 0.200. The van der Waals surface area contributed by atoms with Crippen LogP contribution in [0, 0.1) is 0 Å². The molecule has 0 spiro atoms. The highest BCUT2D eigenvalue weighted by Crippen LogP contribution is 2.29. The molecular weight excluding hydrogens is 200 g/mol. The van der Waals surface area contributed by atoms with Gasteiger partial charge in [-0.3, -0.25) is 0 Å². The van der Waals surface area contributed by atoms with Gasteiger partial charge in [0.1, 0.15) is 12.4 Å². The summed E-state index contributed by atoms with van der Waals surface area (Å²) in [6.45, 7) is 4.51. The fourth-order valence-corrected chi connectivity index (χ4v) is 1.44. The van der Waals surface area contributed by atoms with Crippen LogP contribution in [-0.2, 0) is 0 Å². The van der Waals surface area contributed by atoms with Crippen LogP contribution in [-0.4, -0.2) is 18.3 Å². The van der Waals surface area contributed by atoms with Crippen LogP contribution in [0.1, 0.15) is 25.3 Å². The fraction of sp³-hybridized carbons (Fsp3) is 0.455. The zero-order valence-electron chi connectivity index (χ0n) is 8.46. The van der Waals surface area contributed by atoms with Gasteiger partial charge in [-0.25, -0.2) is 0 Å². The molecule has 0 aliphatic heterocycles. The van der Waals surface area contributed by atoms with Crippen molar-refractivity contribution in [1.82, 2.24) is 0 Å². The third-order valence-electron chi connectivity index (χ3n) is 1.94. The second-order valence-electron chi connectivity index (χ2n) is 3.41. The van der Waals surface area contributed by atoms with Crippen molar-refractivity contribution in [2.24, 2.45) is 0 Å². The zero-order chi connectivity index (χ0) is 10.6. The number of benzene rings is 1. The van der Waals surface area contributed by atoms with Gasteiger partial charge in [-0.1, -0.05) is 25.4 Å². The topological polar surface area (TPSA) is 29.5 Å². The van der Waals surface area contributed by atoms with Gasteiger partial charge in [-0.2, -0.15) is 0 Å². The second-order valence-corrected chi connectivity index (χ2v) is 3.85. The highest BCUT2D eigenvalue weighted by Gasteiger charge is 2.08. The molecule has 1 aromatic rings. The largest absolute Gasteiger partial charge is 0.491 e. The summed E-state index contributed by atoms with van der Waals surface area (Å²) in [6, 6.07) is 5.53. The van der Waals surface area contributed by atoms with Gasteiger partial charge in [0.15, 0.2) is 0 Å². The fourth-order valence-electron chi connectivity index (χ4n) is 1.26. The molecule has 0 heterocycles. The van der Waals surface area contributed by atoms with Crippen molar-refractivity contribution in [1.29, 1.82) is 0 Å². The summed E-state index contributed by atoms with van der Waals surface area (Å²) in [5.41, 5.74) is 1.07. The summed E-state index contributed by atoms with van der Waals surface area (Å²) < 4.78 is 5.39. The minimum absolute atomic E-state index is 0.0279. The molecule has 2 nitrogen and oxygen atoms in total. The van der Waals surface area contributed by atoms with E-state index in [2.05, 4.69) is 13.8 Å². The third kappa shape index (κ3) is 2.89. The van der Waals surface area contributed by atoms with E-state index in [9.17, 15) is 0 Å². The average Bonchev–Trinajstić information content (AvgIpc) is 2.15. The van der Waals surface area contributed by atoms with Gasteiger partial charge < -0.3 is 9.84 Å². The Balaban J connectivity index is 2.90. The smallest absolute Gasteiger partial charge is 0.122 e. The van der Waals surface area contributed by atoms with E-state index in [0.29, 0.717) is 17.5 Å². The Hall–Kier alpha value is -0.730. The van der Waals surface area contributed by atoms with Crippen molar-refractivity contribution in [3.05, 3.63) is 28.8 Å². The maximum Gasteiger partial charge on any atom is 0.122 e. The summed E-state index contributed by atoms with van der Waals surface area (Å²) in [6.07, 6.45) is 0. The molecule has 0 unspecified atom stereocenters. The van der Waals surface area contributed by atoms with Gasteiger partial charge in [-0.05, 0) is 29.7 Å². The average molecular weight is 215 g/mol. The van der Waals surface area contributed by atoms with Crippen molar-refractivity contribution < 1.29 is 9.84 Å². The first kappa shape index (κ1) is 11.3. The van der Waals surface area contributed by atoms with E-state index in [4.69, 9.17) is 21.4 Å². The summed E-state index contributed by atoms with van der Waals surface area (Å²) >= 11 is 5.89. The Morgan fingerprint density at radius 1 is 1.43 bits per heavy atom. The van der Waals surface area contributed by atoms with E-state index in [1.807, 2.05) is 12.1 Å². The quantitative estimate of drug-likeness (QED) is 0.835. The molecular formula is C11H15ClO2. The number of halogens is 1. The molecule has 0 saturated carbocycles. The molecule has 0 amide bonds. The van der Waals surface area contributed by atoms with Gasteiger partial charge >= 0.3 is 0 Å². The van der Waals surface area contributed by atoms with Crippen LogP contribution >= 0.6 is 11.6 Å². The number of aliphatic hydroxyl groups is 1. The maximum atomic E-state index is 8.66. The van der Waals surface area contributed by atoms with Crippen molar-refractivity contribution in [3.8, 4) is 5.75 Å². The van der Waals surface area contributed by atoms with Crippen LogP contribution < -0.4 is 4.74 Å². The van der Waals surface area contributed by atoms with Crippen molar-refractivity contribution in [2.45, 2.75) is 19.8 Å². The Kier molecular flexibility index (Phi) is 4.23. The number of hydrogen-bond donors (Lipinski definition) is 1. The lowest BCUT2D eigenvalue weighted by Gasteiger charge is -2.13. The first-order valence-corrected chi connectivity index (χ1v) is 5.06. The molecule has 0 bridgehead atoms. The van der Waals surface area contributed by atoms with Crippen LogP contribution in [0.2, 0.25) is 5.02 Å². The monoisotopic (exact) mass is 214 g/mol. The van der Waals surface area contributed by atoms with Gasteiger partial charge in [0, 0.05) is 5.02 Å². The number of rotatable bonds is 4. The van der Waals surface area contributed by atoms with Crippen molar-refractivity contribution in [2.75, 3.05) is 13.2 Å². The van der Waals surface area contributed by atoms with Gasteiger partial charge in [-0.15, -0.1) is 0 Å². The first-order chi connectivity index (χ1) is 6.65. The standard InChI is InChI=1S/C11H15ClO2/c1-8(2)10-7-9(12)3-4-11(10)14-6-5-13/h3-4,7-8,13H,5-6H2,1-2H3. The van der Waals surface area contributed by atoms with Gasteiger partial charge in [0.25, 0.3) is 0 Å². The summed E-state index contributed by atoms with van der Waals surface area (Å²) in [7, 11) is 0. The molecule has 0 fully saturated rings. The molecule has 0 aliphatic rings. The number of ether oxygens (including phenoxy) is 1. The van der Waals surface area contributed by atoms with Crippen LogP contribution in [0.5, 0.6) is 5.75 Å². The van der Waals surface area contributed by atoms with Crippen LogP contribution in [0.15, 0.2) is 18.2 Å². The van der Waals surface area contributed by atoms with Crippen molar-refractivity contribution in [3.63, 3.8) is 0 Å². The molecule has 1 aromatic carbocycles. The molecule has 3 heteroatoms. The molecule has 0 aromatic heterocycles. The van der Waals surface area contributed by atoms with Crippen molar-refractivity contribution >= 4 is 11.6 Å². The predicted molar refractivity (Wildman–Crippen MR) is 58.1 cm³/mol. The number of aliphatic hydroxyl groups excluding tert-OH is 1. The highest BCUT2D eigenvalue weighted by molar-refractivity contribution is 6.30. The SMILES string of the molecule is CC(C)c1cc(Cl)ccc1OCCO. The molecule has 1 rings (SSSR count). The summed E-state index contributed by atoms with van der Waals surface area (Å²) in [4.78, 5) is 0. The molecule has 14 heavy (non-hydrogen) atoms. The minimum atomic E-state index is 0.0279. The Morgan fingerprint density at radius 3 is 2.71 bits per heavy atom. The molecule has 1 N–H and O–H groups in total. The van der Waals surface area contributed by atoms with E-state index in [0.717, 1.165) is 11.3 Å². The second kappa shape index (κ2) is 5.23. The Labute approximate surface area is 89.5 Å². The third-order valence-corrected chi connectivity index (χ3v) is 2.18.